The highest BCUT2D eigenvalue weighted by atomic mass is 32.1. The molecular weight excluding hydrogens is 1200 g/mol. The number of benzene rings is 2. The van der Waals surface area contributed by atoms with Crippen LogP contribution in [0.1, 0.15) is 103 Å². The van der Waals surface area contributed by atoms with E-state index < -0.39 is 93.5 Å². The zero-order valence-corrected chi connectivity index (χ0v) is 54.2. The molecule has 6 amide bonds. The van der Waals surface area contributed by atoms with E-state index in [2.05, 4.69) is 43.4 Å². The van der Waals surface area contributed by atoms with Crippen LogP contribution in [0.15, 0.2) is 47.4 Å². The Balaban J connectivity index is 0.735. The molecule has 486 valence electrons. The lowest BCUT2D eigenvalue weighted by Gasteiger charge is -2.35. The van der Waals surface area contributed by atoms with Crippen molar-refractivity contribution in [2.45, 2.75) is 143 Å². The highest BCUT2D eigenvalue weighted by molar-refractivity contribution is 7.13. The van der Waals surface area contributed by atoms with Crippen LogP contribution in [-0.4, -0.2) is 181 Å². The molecule has 2 saturated carbocycles. The summed E-state index contributed by atoms with van der Waals surface area (Å²) in [6.07, 6.45) is -0.199. The molecule has 0 radical (unpaired) electrons. The van der Waals surface area contributed by atoms with Crippen LogP contribution in [0, 0.1) is 58.2 Å². The van der Waals surface area contributed by atoms with Crippen LogP contribution in [0.25, 0.3) is 20.9 Å². The van der Waals surface area contributed by atoms with E-state index in [1.54, 1.807) is 52.6 Å². The number of amides is 6. The van der Waals surface area contributed by atoms with E-state index in [9.17, 15) is 49.5 Å². The summed E-state index contributed by atoms with van der Waals surface area (Å²) >= 11 is 2.99. The smallest absolute Gasteiger partial charge is 0.246 e. The van der Waals surface area contributed by atoms with Crippen molar-refractivity contribution in [3.05, 3.63) is 69.9 Å². The minimum absolute atomic E-state index is 0.0168. The highest BCUT2D eigenvalue weighted by Crippen LogP contribution is 2.47. The SMILES string of the molecule is Cc1ncsc1-c1ccc(CNC(=O)C2CC(O)CN2C(=O)C(NC(=O)C2(C#N)CC2)C(C)(C)C)c(OCCOCCOCCOCCOCCOc2cc(-c3scnc3C)ccc2CNC(=O)C2CC(O)CN2C(=O)C(NC(=O)C2(C#N)CC2)C(C)(C)C)c1. The lowest BCUT2D eigenvalue weighted by atomic mass is 9.85. The number of nitrogens with one attached hydrogen (secondary N) is 4. The van der Waals surface area contributed by atoms with E-state index in [1.807, 2.05) is 50.2 Å². The van der Waals surface area contributed by atoms with E-state index in [-0.39, 0.29) is 65.4 Å². The van der Waals surface area contributed by atoms with Gasteiger partial charge in [-0.05, 0) is 73.6 Å². The monoisotopic (exact) mass is 1280 g/mol. The number of carbonyl (C=O) groups is 6. The maximum absolute atomic E-state index is 14.1. The molecule has 6 atom stereocenters. The summed E-state index contributed by atoms with van der Waals surface area (Å²) in [6.45, 7) is 17.3. The lowest BCUT2D eigenvalue weighted by molar-refractivity contribution is -0.144. The first-order chi connectivity index (χ1) is 42.9. The molecule has 6 unspecified atom stereocenters. The molecule has 4 fully saturated rings. The number of aliphatic hydroxyl groups is 2. The topological polar surface area (TPSA) is 326 Å². The summed E-state index contributed by atoms with van der Waals surface area (Å²) in [4.78, 5) is 95.5. The molecule has 6 N–H and O–H groups in total. The Morgan fingerprint density at radius 3 is 1.23 bits per heavy atom. The number of likely N-dealkylation sites (tertiary alicyclic amines) is 2. The number of hydrogen-bond donors (Lipinski definition) is 6. The Hall–Kier alpha value is -7.14. The Morgan fingerprint density at radius 2 is 0.933 bits per heavy atom. The second kappa shape index (κ2) is 30.3. The predicted molar refractivity (Wildman–Crippen MR) is 332 cm³/mol. The quantitative estimate of drug-likeness (QED) is 0.0365. The molecule has 4 aromatic rings. The Bertz CT molecular complexity index is 3070. The van der Waals surface area contributed by atoms with Crippen molar-refractivity contribution in [3.63, 3.8) is 0 Å². The van der Waals surface area contributed by atoms with Gasteiger partial charge in [-0.2, -0.15) is 10.5 Å². The summed E-state index contributed by atoms with van der Waals surface area (Å²) in [6, 6.07) is 11.4. The number of rotatable bonds is 31. The minimum atomic E-state index is -1.15. The highest BCUT2D eigenvalue weighted by Gasteiger charge is 2.55. The van der Waals surface area contributed by atoms with E-state index in [1.165, 1.54) is 32.5 Å². The van der Waals surface area contributed by atoms with Crippen LogP contribution in [0.3, 0.4) is 0 Å². The van der Waals surface area contributed by atoms with Crippen LogP contribution in [0.2, 0.25) is 0 Å². The first-order valence-corrected chi connectivity index (χ1v) is 32.2. The molecule has 2 aliphatic carbocycles. The molecule has 4 heterocycles. The number of hydrogen-bond acceptors (Lipinski definition) is 20. The third kappa shape index (κ3) is 17.5. The van der Waals surface area contributed by atoms with Gasteiger partial charge in [0, 0.05) is 50.1 Å². The van der Waals surface area contributed by atoms with Gasteiger partial charge in [0.2, 0.25) is 35.4 Å². The van der Waals surface area contributed by atoms with Gasteiger partial charge < -0.3 is 69.7 Å². The van der Waals surface area contributed by atoms with Crippen molar-refractivity contribution in [2.75, 3.05) is 79.2 Å². The van der Waals surface area contributed by atoms with Gasteiger partial charge in [0.05, 0.1) is 109 Å². The fourth-order valence-electron chi connectivity index (χ4n) is 10.7. The molecule has 26 heteroatoms. The zero-order valence-electron chi connectivity index (χ0n) is 52.5. The van der Waals surface area contributed by atoms with Gasteiger partial charge in [0.1, 0.15) is 59.7 Å². The number of carbonyl (C=O) groups excluding carboxylic acids is 6. The number of aromatic nitrogens is 2. The summed E-state index contributed by atoms with van der Waals surface area (Å²) in [7, 11) is 0. The summed E-state index contributed by atoms with van der Waals surface area (Å²) in [5.41, 5.74) is 4.57. The van der Waals surface area contributed by atoms with Crippen molar-refractivity contribution in [1.82, 2.24) is 41.0 Å². The number of ether oxygens (including phenoxy) is 6. The van der Waals surface area contributed by atoms with Crippen molar-refractivity contribution in [1.29, 1.82) is 10.5 Å². The lowest BCUT2D eigenvalue weighted by Crippen LogP contribution is -2.58. The number of nitrogens with zero attached hydrogens (tertiary/aromatic N) is 6. The Morgan fingerprint density at radius 1 is 0.589 bits per heavy atom. The van der Waals surface area contributed by atoms with Gasteiger partial charge in [0.15, 0.2) is 0 Å². The van der Waals surface area contributed by atoms with E-state index >= 15 is 0 Å². The van der Waals surface area contributed by atoms with Crippen LogP contribution in [-0.2, 0) is 60.8 Å². The van der Waals surface area contributed by atoms with Gasteiger partial charge in [-0.3, -0.25) is 28.8 Å². The molecule has 8 rings (SSSR count). The third-order valence-electron chi connectivity index (χ3n) is 16.4. The van der Waals surface area contributed by atoms with Crippen LogP contribution >= 0.6 is 22.7 Å². The molecular formula is C64H84N10O14S2. The zero-order chi connectivity index (χ0) is 65.0. The van der Waals surface area contributed by atoms with Crippen LogP contribution in [0.5, 0.6) is 11.5 Å². The van der Waals surface area contributed by atoms with Crippen LogP contribution < -0.4 is 30.7 Å². The fourth-order valence-corrected chi connectivity index (χ4v) is 12.3. The van der Waals surface area contributed by atoms with Crippen molar-refractivity contribution in [2.24, 2.45) is 21.7 Å². The van der Waals surface area contributed by atoms with Gasteiger partial charge >= 0.3 is 0 Å². The molecule has 90 heavy (non-hydrogen) atoms. The molecule has 2 aromatic heterocycles. The molecule has 0 bridgehead atoms. The molecule has 24 nitrogen and oxygen atoms in total. The van der Waals surface area contributed by atoms with Gasteiger partial charge in [-0.25, -0.2) is 9.97 Å². The first-order valence-electron chi connectivity index (χ1n) is 30.5. The molecule has 2 saturated heterocycles. The molecule has 4 aliphatic rings. The number of aliphatic hydroxyl groups excluding tert-OH is 2. The molecule has 2 aliphatic heterocycles. The molecule has 2 aromatic carbocycles. The summed E-state index contributed by atoms with van der Waals surface area (Å²) in [5.74, 6) is -1.93. The third-order valence-corrected chi connectivity index (χ3v) is 18.4. The van der Waals surface area contributed by atoms with Crippen molar-refractivity contribution >= 4 is 58.1 Å². The average Bonchev–Trinajstić information content (AvgIpc) is 1.64. The van der Waals surface area contributed by atoms with E-state index in [0.29, 0.717) is 88.0 Å². The predicted octanol–water partition coefficient (Wildman–Crippen LogP) is 4.90. The summed E-state index contributed by atoms with van der Waals surface area (Å²) in [5, 5.41) is 52.1. The summed E-state index contributed by atoms with van der Waals surface area (Å²) < 4.78 is 35.5. The van der Waals surface area contributed by atoms with Crippen LogP contribution in [0.4, 0.5) is 0 Å². The normalized spacial score (nSPS) is 19.6. The Labute approximate surface area is 533 Å². The maximum Gasteiger partial charge on any atom is 0.246 e. The average molecular weight is 1280 g/mol. The van der Waals surface area contributed by atoms with E-state index in [4.69, 9.17) is 28.4 Å². The first kappa shape index (κ1) is 68.8. The number of β-amino-alcohol motifs (C(OH)–C–C–N with tert-alkyl or cyclic N) is 2. The number of nitriles is 2. The number of aryl methyl sites for hydroxylation is 2. The second-order valence-corrected chi connectivity index (χ2v) is 27.2. The second-order valence-electron chi connectivity index (χ2n) is 25.5. The van der Waals surface area contributed by atoms with Crippen molar-refractivity contribution < 1.29 is 67.4 Å². The number of thiazole rings is 2. The van der Waals surface area contributed by atoms with Crippen molar-refractivity contribution in [3.8, 4) is 44.5 Å². The van der Waals surface area contributed by atoms with E-state index in [0.717, 1.165) is 32.3 Å². The fraction of sp³-hybridized carbons (Fsp3) is 0.594. The molecule has 0 spiro atoms. The Kier molecular flexibility index (Phi) is 23.2. The minimum Gasteiger partial charge on any atom is -0.491 e. The van der Waals surface area contributed by atoms with Gasteiger partial charge in [-0.1, -0.05) is 65.8 Å². The van der Waals surface area contributed by atoms with Gasteiger partial charge in [-0.15, -0.1) is 22.7 Å². The van der Waals surface area contributed by atoms with Gasteiger partial charge in [0.25, 0.3) is 0 Å². The largest absolute Gasteiger partial charge is 0.491 e. The standard InChI is InChI=1S/C64H84N10O14S2/c1-39-51(89-37-69-39)41-9-11-43(31-67-55(77)47-29-45(75)33-73(47)57(79)53(61(3,4)5)71-59(81)63(35-65)13-14-63)49(27-41)87-25-23-85-21-19-83-17-18-84-20-22-86-24-26-88-50-28-42(52-40(2)70-38-90-52)10-12-44(50)32-68-56(78)48-30-46(76)34-74(48)58(80)54(62(6,7)8)72-60(82)64(36-66)15-16-64/h9-12,27-28,37-38,45-48,53-54,75-76H,13-26,29-34H2,1-8H3,(H,67,77)(H,68,78)(H,71,81)(H,72,82). The maximum atomic E-state index is 14.1.